The van der Waals surface area contributed by atoms with Gasteiger partial charge in [-0.25, -0.2) is 8.78 Å². The van der Waals surface area contributed by atoms with E-state index in [0.717, 1.165) is 12.1 Å². The summed E-state index contributed by atoms with van der Waals surface area (Å²) in [7, 11) is 0. The van der Waals surface area contributed by atoms with Crippen LogP contribution in [-0.2, 0) is 9.59 Å². The summed E-state index contributed by atoms with van der Waals surface area (Å²) >= 11 is 0. The van der Waals surface area contributed by atoms with Gasteiger partial charge in [0.05, 0.1) is 11.3 Å². The smallest absolute Gasteiger partial charge is 0.311 e. The molecule has 1 aromatic carbocycles. The Kier molecular flexibility index (Phi) is 3.98. The summed E-state index contributed by atoms with van der Waals surface area (Å²) in [5.41, 5.74) is -1.27. The minimum Gasteiger partial charge on any atom is -0.481 e. The molecule has 1 amide bonds. The van der Waals surface area contributed by atoms with Gasteiger partial charge in [-0.1, -0.05) is 6.07 Å². The molecule has 1 aromatic rings. The standard InChI is InChI=1S/C15H17F2NO3/c1-9(12-10(16)4-3-5-11(12)17)13(19)18-7-6-15(2,8-18)14(20)21/h3-5,9H,6-8H2,1-2H3,(H,20,21). The number of carbonyl (C=O) groups excluding carboxylic acids is 1. The van der Waals surface area contributed by atoms with Gasteiger partial charge in [0, 0.05) is 18.7 Å². The molecule has 0 aliphatic carbocycles. The van der Waals surface area contributed by atoms with Crippen LogP contribution in [0, 0.1) is 17.0 Å². The van der Waals surface area contributed by atoms with Crippen LogP contribution in [0.4, 0.5) is 8.78 Å². The zero-order chi connectivity index (χ0) is 15.8. The van der Waals surface area contributed by atoms with Gasteiger partial charge >= 0.3 is 5.97 Å². The molecule has 1 saturated heterocycles. The maximum atomic E-state index is 13.7. The normalized spacial score (nSPS) is 23.1. The van der Waals surface area contributed by atoms with E-state index >= 15 is 0 Å². The Labute approximate surface area is 121 Å². The van der Waals surface area contributed by atoms with Crippen LogP contribution in [0.25, 0.3) is 0 Å². The number of halogens is 2. The molecule has 21 heavy (non-hydrogen) atoms. The van der Waals surface area contributed by atoms with Crippen molar-refractivity contribution in [2.45, 2.75) is 26.2 Å². The van der Waals surface area contributed by atoms with Crippen molar-refractivity contribution >= 4 is 11.9 Å². The molecule has 1 heterocycles. The average Bonchev–Trinajstić information content (AvgIpc) is 2.81. The maximum absolute atomic E-state index is 13.7. The minimum absolute atomic E-state index is 0.0571. The lowest BCUT2D eigenvalue weighted by Gasteiger charge is -2.23. The Morgan fingerprint density at radius 2 is 1.90 bits per heavy atom. The van der Waals surface area contributed by atoms with Gasteiger partial charge in [0.2, 0.25) is 5.91 Å². The number of benzene rings is 1. The van der Waals surface area contributed by atoms with Gasteiger partial charge in [0.15, 0.2) is 0 Å². The molecular weight excluding hydrogens is 280 g/mol. The molecule has 0 spiro atoms. The molecule has 1 N–H and O–H groups in total. The van der Waals surface area contributed by atoms with E-state index in [-0.39, 0.29) is 18.7 Å². The molecule has 0 aromatic heterocycles. The van der Waals surface area contributed by atoms with Crippen LogP contribution < -0.4 is 0 Å². The molecule has 0 saturated carbocycles. The Hall–Kier alpha value is -1.98. The number of hydrogen-bond donors (Lipinski definition) is 1. The zero-order valence-corrected chi connectivity index (χ0v) is 11.9. The Morgan fingerprint density at radius 3 is 2.38 bits per heavy atom. The third-order valence-electron chi connectivity index (χ3n) is 4.10. The van der Waals surface area contributed by atoms with Crippen molar-refractivity contribution in [2.24, 2.45) is 5.41 Å². The zero-order valence-electron chi connectivity index (χ0n) is 11.9. The average molecular weight is 297 g/mol. The lowest BCUT2D eigenvalue weighted by molar-refractivity contribution is -0.147. The quantitative estimate of drug-likeness (QED) is 0.932. The summed E-state index contributed by atoms with van der Waals surface area (Å²) < 4.78 is 27.4. The molecule has 1 fully saturated rings. The summed E-state index contributed by atoms with van der Waals surface area (Å²) in [5.74, 6) is -3.94. The molecule has 2 rings (SSSR count). The summed E-state index contributed by atoms with van der Waals surface area (Å²) in [6, 6.07) is 3.45. The number of nitrogens with zero attached hydrogens (tertiary/aromatic N) is 1. The van der Waals surface area contributed by atoms with Crippen LogP contribution in [0.1, 0.15) is 31.7 Å². The highest BCUT2D eigenvalue weighted by molar-refractivity contribution is 5.85. The van der Waals surface area contributed by atoms with Crippen molar-refractivity contribution < 1.29 is 23.5 Å². The highest BCUT2D eigenvalue weighted by Gasteiger charge is 2.43. The molecule has 0 bridgehead atoms. The third-order valence-corrected chi connectivity index (χ3v) is 4.10. The van der Waals surface area contributed by atoms with Gasteiger partial charge in [-0.05, 0) is 32.4 Å². The monoisotopic (exact) mass is 297 g/mol. The van der Waals surface area contributed by atoms with Gasteiger partial charge in [0.25, 0.3) is 0 Å². The van der Waals surface area contributed by atoms with Crippen LogP contribution in [0.2, 0.25) is 0 Å². The second kappa shape index (κ2) is 5.42. The fraction of sp³-hybridized carbons (Fsp3) is 0.467. The van der Waals surface area contributed by atoms with Gasteiger partial charge in [-0.15, -0.1) is 0 Å². The van der Waals surface area contributed by atoms with E-state index in [4.69, 9.17) is 5.11 Å². The second-order valence-corrected chi connectivity index (χ2v) is 5.73. The van der Waals surface area contributed by atoms with Crippen molar-refractivity contribution in [1.29, 1.82) is 0 Å². The van der Waals surface area contributed by atoms with Crippen LogP contribution >= 0.6 is 0 Å². The molecule has 1 aliphatic rings. The van der Waals surface area contributed by atoms with Gasteiger partial charge < -0.3 is 10.0 Å². The molecule has 4 nitrogen and oxygen atoms in total. The summed E-state index contributed by atoms with van der Waals surface area (Å²) in [6.07, 6.45) is 0.334. The lowest BCUT2D eigenvalue weighted by Crippen LogP contribution is -2.37. The number of hydrogen-bond acceptors (Lipinski definition) is 2. The Balaban J connectivity index is 2.20. The summed E-state index contributed by atoms with van der Waals surface area (Å²) in [6.45, 7) is 3.33. The fourth-order valence-electron chi connectivity index (χ4n) is 2.65. The number of carbonyl (C=O) groups is 2. The molecule has 6 heteroatoms. The number of aliphatic carboxylic acids is 1. The highest BCUT2D eigenvalue weighted by Crippen LogP contribution is 2.33. The summed E-state index contributed by atoms with van der Waals surface area (Å²) in [4.78, 5) is 24.9. The third kappa shape index (κ3) is 2.75. The van der Waals surface area contributed by atoms with Gasteiger partial charge in [0.1, 0.15) is 11.6 Å². The first-order valence-electron chi connectivity index (χ1n) is 6.72. The second-order valence-electron chi connectivity index (χ2n) is 5.73. The van der Waals surface area contributed by atoms with Crippen molar-refractivity contribution in [1.82, 2.24) is 4.90 Å². The van der Waals surface area contributed by atoms with E-state index in [1.54, 1.807) is 6.92 Å². The van der Waals surface area contributed by atoms with E-state index in [2.05, 4.69) is 0 Å². The van der Waals surface area contributed by atoms with E-state index in [1.807, 2.05) is 0 Å². The number of likely N-dealkylation sites (tertiary alicyclic amines) is 1. The van der Waals surface area contributed by atoms with Crippen LogP contribution in [-0.4, -0.2) is 35.0 Å². The SMILES string of the molecule is CC(C(=O)N1CCC(C)(C(=O)O)C1)c1c(F)cccc1F. The lowest BCUT2D eigenvalue weighted by atomic mass is 9.90. The molecule has 0 radical (unpaired) electrons. The van der Waals surface area contributed by atoms with Crippen molar-refractivity contribution in [2.75, 3.05) is 13.1 Å². The van der Waals surface area contributed by atoms with Gasteiger partial charge in [-0.3, -0.25) is 9.59 Å². The molecule has 1 aliphatic heterocycles. The van der Waals surface area contributed by atoms with E-state index < -0.39 is 34.8 Å². The van der Waals surface area contributed by atoms with Crippen LogP contribution in [0.15, 0.2) is 18.2 Å². The summed E-state index contributed by atoms with van der Waals surface area (Å²) in [5, 5.41) is 9.16. The number of amides is 1. The van der Waals surface area contributed by atoms with Crippen molar-refractivity contribution in [3.05, 3.63) is 35.4 Å². The first-order valence-corrected chi connectivity index (χ1v) is 6.72. The topological polar surface area (TPSA) is 57.6 Å². The fourth-order valence-corrected chi connectivity index (χ4v) is 2.65. The number of carboxylic acids is 1. The molecule has 2 atom stereocenters. The van der Waals surface area contributed by atoms with E-state index in [0.29, 0.717) is 6.42 Å². The predicted octanol–water partition coefficient (Wildman–Crippen LogP) is 2.39. The Morgan fingerprint density at radius 1 is 1.33 bits per heavy atom. The molecular formula is C15H17F2NO3. The molecule has 2 unspecified atom stereocenters. The number of carboxylic acid groups (broad SMARTS) is 1. The van der Waals surface area contributed by atoms with Crippen LogP contribution in [0.5, 0.6) is 0 Å². The largest absolute Gasteiger partial charge is 0.481 e. The van der Waals surface area contributed by atoms with Crippen molar-refractivity contribution in [3.63, 3.8) is 0 Å². The predicted molar refractivity (Wildman–Crippen MR) is 71.7 cm³/mol. The number of rotatable bonds is 3. The highest BCUT2D eigenvalue weighted by atomic mass is 19.1. The molecule has 114 valence electrons. The Bertz CT molecular complexity index is 570. The maximum Gasteiger partial charge on any atom is 0.311 e. The van der Waals surface area contributed by atoms with Gasteiger partial charge in [-0.2, -0.15) is 0 Å². The van der Waals surface area contributed by atoms with Crippen LogP contribution in [0.3, 0.4) is 0 Å². The minimum atomic E-state index is -0.997. The van der Waals surface area contributed by atoms with E-state index in [1.165, 1.54) is 17.9 Å². The first-order chi connectivity index (χ1) is 9.76. The van der Waals surface area contributed by atoms with Crippen molar-refractivity contribution in [3.8, 4) is 0 Å². The van der Waals surface area contributed by atoms with E-state index in [9.17, 15) is 18.4 Å². The first kappa shape index (κ1) is 15.4.